The molecule has 3 heteroatoms. The molecule has 0 aliphatic rings. The normalized spacial score (nSPS) is 10.5. The van der Waals surface area contributed by atoms with E-state index in [-0.39, 0.29) is 0 Å². The maximum absolute atomic E-state index is 4.48. The largest absolute Gasteiger partial charge is 0.370 e. The molecule has 0 radical (unpaired) electrons. The van der Waals surface area contributed by atoms with Crippen molar-refractivity contribution >= 4 is 5.82 Å². The van der Waals surface area contributed by atoms with E-state index in [4.69, 9.17) is 0 Å². The quantitative estimate of drug-likeness (QED) is 0.882. The van der Waals surface area contributed by atoms with Crippen molar-refractivity contribution in [3.8, 4) is 11.3 Å². The summed E-state index contributed by atoms with van der Waals surface area (Å²) in [5.74, 6) is 0.968. The zero-order chi connectivity index (χ0) is 13.7. The van der Waals surface area contributed by atoms with Crippen molar-refractivity contribution in [3.05, 3.63) is 41.7 Å². The minimum atomic E-state index is 0.927. The molecule has 0 atom stereocenters. The number of aromatic nitrogens is 2. The van der Waals surface area contributed by atoms with E-state index in [1.165, 1.54) is 16.7 Å². The van der Waals surface area contributed by atoms with Crippen LogP contribution in [0.1, 0.15) is 31.4 Å². The van der Waals surface area contributed by atoms with E-state index in [0.29, 0.717) is 0 Å². The molecule has 0 fully saturated rings. The lowest BCUT2D eigenvalue weighted by molar-refractivity contribution is 0.949. The van der Waals surface area contributed by atoms with Gasteiger partial charge in [0.1, 0.15) is 12.1 Å². The highest BCUT2D eigenvalue weighted by atomic mass is 15.0. The van der Waals surface area contributed by atoms with Crippen LogP contribution in [0.3, 0.4) is 0 Å². The van der Waals surface area contributed by atoms with Crippen molar-refractivity contribution in [2.75, 3.05) is 11.9 Å². The number of hydrogen-bond acceptors (Lipinski definition) is 3. The average molecular weight is 255 g/mol. The summed E-state index contributed by atoms with van der Waals surface area (Å²) in [7, 11) is 0. The van der Waals surface area contributed by atoms with Crippen LogP contribution in [-0.2, 0) is 6.42 Å². The van der Waals surface area contributed by atoms with E-state index in [1.54, 1.807) is 6.33 Å². The molecule has 3 nitrogen and oxygen atoms in total. The van der Waals surface area contributed by atoms with Gasteiger partial charge in [0.2, 0.25) is 0 Å². The predicted octanol–water partition coefficient (Wildman–Crippen LogP) is 3.84. The van der Waals surface area contributed by atoms with Gasteiger partial charge in [0.25, 0.3) is 0 Å². The number of nitrogens with zero attached hydrogens (tertiary/aromatic N) is 2. The zero-order valence-corrected chi connectivity index (χ0v) is 11.9. The number of rotatable bonds is 5. The van der Waals surface area contributed by atoms with Crippen molar-refractivity contribution in [1.82, 2.24) is 9.97 Å². The molecule has 0 amide bonds. The van der Waals surface area contributed by atoms with Crippen LogP contribution in [0.15, 0.2) is 30.6 Å². The van der Waals surface area contributed by atoms with Gasteiger partial charge >= 0.3 is 0 Å². The molecule has 100 valence electrons. The molecule has 1 aromatic carbocycles. The number of aryl methyl sites for hydroxylation is 1. The third-order valence-electron chi connectivity index (χ3n) is 3.13. The minimum Gasteiger partial charge on any atom is -0.370 e. The van der Waals surface area contributed by atoms with Gasteiger partial charge in [0.15, 0.2) is 0 Å². The fourth-order valence-electron chi connectivity index (χ4n) is 2.18. The maximum Gasteiger partial charge on any atom is 0.133 e. The number of nitrogens with one attached hydrogen (secondary N) is 1. The van der Waals surface area contributed by atoms with Crippen LogP contribution in [-0.4, -0.2) is 16.5 Å². The molecular weight excluding hydrogens is 234 g/mol. The standard InChI is InChI=1S/C16H21N3/c1-4-9-17-16-14(5-2)15(18-11-19-16)13-8-6-7-12(3)10-13/h6-8,10-11H,4-5,9H2,1-3H3,(H,17,18,19). The topological polar surface area (TPSA) is 37.8 Å². The first-order chi connectivity index (χ1) is 9.26. The molecule has 0 unspecified atom stereocenters. The first-order valence-electron chi connectivity index (χ1n) is 6.91. The molecule has 0 bridgehead atoms. The molecule has 2 rings (SSSR count). The molecule has 0 aliphatic heterocycles. The summed E-state index contributed by atoms with van der Waals surface area (Å²) in [6.07, 6.45) is 3.66. The van der Waals surface area contributed by atoms with E-state index in [9.17, 15) is 0 Å². The van der Waals surface area contributed by atoms with Gasteiger partial charge in [0.05, 0.1) is 5.69 Å². The Morgan fingerprint density at radius 2 is 2.00 bits per heavy atom. The zero-order valence-electron chi connectivity index (χ0n) is 11.9. The molecule has 19 heavy (non-hydrogen) atoms. The molecule has 0 spiro atoms. The van der Waals surface area contributed by atoms with Gasteiger partial charge in [0, 0.05) is 17.7 Å². The smallest absolute Gasteiger partial charge is 0.133 e. The molecule has 1 N–H and O–H groups in total. The van der Waals surface area contributed by atoms with Gasteiger partial charge in [-0.3, -0.25) is 0 Å². The molecule has 0 saturated carbocycles. The first-order valence-corrected chi connectivity index (χ1v) is 6.91. The maximum atomic E-state index is 4.48. The van der Waals surface area contributed by atoms with Crippen molar-refractivity contribution in [1.29, 1.82) is 0 Å². The summed E-state index contributed by atoms with van der Waals surface area (Å²) in [5.41, 5.74) is 4.65. The van der Waals surface area contributed by atoms with E-state index in [2.05, 4.69) is 60.3 Å². The number of benzene rings is 1. The monoisotopic (exact) mass is 255 g/mol. The summed E-state index contributed by atoms with van der Waals surface area (Å²) in [4.78, 5) is 8.85. The molecule has 1 heterocycles. The Balaban J connectivity index is 2.45. The van der Waals surface area contributed by atoms with E-state index >= 15 is 0 Å². The fourth-order valence-corrected chi connectivity index (χ4v) is 2.18. The second-order valence-electron chi connectivity index (χ2n) is 4.70. The van der Waals surface area contributed by atoms with Crippen LogP contribution < -0.4 is 5.32 Å². The van der Waals surface area contributed by atoms with Gasteiger partial charge < -0.3 is 5.32 Å². The van der Waals surface area contributed by atoms with Crippen LogP contribution >= 0.6 is 0 Å². The summed E-state index contributed by atoms with van der Waals surface area (Å²) in [6, 6.07) is 8.46. The number of hydrogen-bond donors (Lipinski definition) is 1. The van der Waals surface area contributed by atoms with Crippen molar-refractivity contribution < 1.29 is 0 Å². The lowest BCUT2D eigenvalue weighted by Crippen LogP contribution is -2.07. The molecule has 2 aromatic rings. The average Bonchev–Trinajstić information content (AvgIpc) is 2.44. The van der Waals surface area contributed by atoms with Crippen LogP contribution in [0.5, 0.6) is 0 Å². The Labute approximate surface area is 115 Å². The number of anilines is 1. The van der Waals surface area contributed by atoms with Crippen molar-refractivity contribution in [3.63, 3.8) is 0 Å². The molecule has 0 aliphatic carbocycles. The van der Waals surface area contributed by atoms with E-state index < -0.39 is 0 Å². The summed E-state index contributed by atoms with van der Waals surface area (Å²) in [6.45, 7) is 7.35. The van der Waals surface area contributed by atoms with E-state index in [1.807, 2.05) is 0 Å². The van der Waals surface area contributed by atoms with Gasteiger partial charge in [-0.25, -0.2) is 9.97 Å². The lowest BCUT2D eigenvalue weighted by atomic mass is 10.0. The SMILES string of the molecule is CCCNc1ncnc(-c2cccc(C)c2)c1CC. The first kappa shape index (κ1) is 13.5. The Bertz CT molecular complexity index is 549. The Kier molecular flexibility index (Phi) is 4.50. The highest BCUT2D eigenvalue weighted by Crippen LogP contribution is 2.26. The van der Waals surface area contributed by atoms with Gasteiger partial charge in [-0.2, -0.15) is 0 Å². The summed E-state index contributed by atoms with van der Waals surface area (Å²) in [5, 5.41) is 3.39. The van der Waals surface area contributed by atoms with Crippen molar-refractivity contribution in [2.24, 2.45) is 0 Å². The predicted molar refractivity (Wildman–Crippen MR) is 80.4 cm³/mol. The third kappa shape index (κ3) is 3.11. The molecule has 0 saturated heterocycles. The summed E-state index contributed by atoms with van der Waals surface area (Å²) >= 11 is 0. The van der Waals surface area contributed by atoms with Crippen molar-refractivity contribution in [2.45, 2.75) is 33.6 Å². The van der Waals surface area contributed by atoms with Gasteiger partial charge in [-0.1, -0.05) is 37.6 Å². The summed E-state index contributed by atoms with van der Waals surface area (Å²) < 4.78 is 0. The Morgan fingerprint density at radius 1 is 1.16 bits per heavy atom. The third-order valence-corrected chi connectivity index (χ3v) is 3.13. The van der Waals surface area contributed by atoms with Crippen LogP contribution in [0.25, 0.3) is 11.3 Å². The lowest BCUT2D eigenvalue weighted by Gasteiger charge is -2.13. The van der Waals surface area contributed by atoms with Crippen LogP contribution in [0, 0.1) is 6.92 Å². The highest BCUT2D eigenvalue weighted by Gasteiger charge is 2.11. The second kappa shape index (κ2) is 6.32. The van der Waals surface area contributed by atoms with Crippen LogP contribution in [0.4, 0.5) is 5.82 Å². The van der Waals surface area contributed by atoms with Gasteiger partial charge in [-0.05, 0) is 25.8 Å². The minimum absolute atomic E-state index is 0.927. The van der Waals surface area contributed by atoms with E-state index in [0.717, 1.165) is 30.9 Å². The fraction of sp³-hybridized carbons (Fsp3) is 0.375. The second-order valence-corrected chi connectivity index (χ2v) is 4.70. The van der Waals surface area contributed by atoms with Gasteiger partial charge in [-0.15, -0.1) is 0 Å². The highest BCUT2D eigenvalue weighted by molar-refractivity contribution is 5.68. The Hall–Kier alpha value is -1.90. The molecule has 1 aromatic heterocycles. The molecular formula is C16H21N3. The van der Waals surface area contributed by atoms with Crippen LogP contribution in [0.2, 0.25) is 0 Å². The Morgan fingerprint density at radius 3 is 2.68 bits per heavy atom.